The van der Waals surface area contributed by atoms with E-state index in [9.17, 15) is 18.0 Å². The van der Waals surface area contributed by atoms with Gasteiger partial charge in [-0.15, -0.1) is 0 Å². The smallest absolute Gasteiger partial charge is 0.332 e. The number of nitrogens with one attached hydrogen (secondary N) is 1. The van der Waals surface area contributed by atoms with E-state index in [0.29, 0.717) is 24.1 Å². The van der Waals surface area contributed by atoms with Gasteiger partial charge in [-0.05, 0) is 30.5 Å². The van der Waals surface area contributed by atoms with Crippen molar-refractivity contribution in [2.75, 3.05) is 11.6 Å². The van der Waals surface area contributed by atoms with Gasteiger partial charge in [0.25, 0.3) is 5.91 Å². The lowest BCUT2D eigenvalue weighted by molar-refractivity contribution is -0.150. The fraction of sp³-hybridized carbons (Fsp3) is 0.429. The van der Waals surface area contributed by atoms with Crippen LogP contribution in [0.25, 0.3) is 0 Å². The first-order chi connectivity index (χ1) is 10.2. The molecule has 120 valence electrons. The second-order valence-corrected chi connectivity index (χ2v) is 7.43. The third-order valence-corrected chi connectivity index (χ3v) is 4.10. The average Bonchev–Trinajstić information content (AvgIpc) is 2.89. The van der Waals surface area contributed by atoms with Crippen LogP contribution < -0.4 is 5.32 Å². The molecule has 0 saturated carbocycles. The number of carboxylic acid groups (broad SMARTS) is 1. The standard InChI is InChI=1S/C14H17NO6S/c1-22(19,20)8-9-2-4-10(5-3-9)15-13(16)11-6-7-12(21-11)14(17)18/h2-5,11-12H,6-8H2,1H3,(H,15,16)(H,17,18)/t11-,12+/m0/s1. The molecule has 1 aromatic carbocycles. The van der Waals surface area contributed by atoms with E-state index in [2.05, 4.69) is 5.32 Å². The van der Waals surface area contributed by atoms with E-state index in [1.165, 1.54) is 0 Å². The van der Waals surface area contributed by atoms with E-state index in [0.717, 1.165) is 6.26 Å². The maximum atomic E-state index is 12.0. The van der Waals surface area contributed by atoms with Gasteiger partial charge in [0.05, 0.1) is 5.75 Å². The molecule has 1 fully saturated rings. The normalized spacial score (nSPS) is 21.5. The highest BCUT2D eigenvalue weighted by molar-refractivity contribution is 7.89. The molecule has 1 saturated heterocycles. The molecule has 0 aromatic heterocycles. The summed E-state index contributed by atoms with van der Waals surface area (Å²) >= 11 is 0. The Balaban J connectivity index is 1.94. The highest BCUT2D eigenvalue weighted by Crippen LogP contribution is 2.21. The van der Waals surface area contributed by atoms with Crippen molar-refractivity contribution in [2.45, 2.75) is 30.8 Å². The Labute approximate surface area is 128 Å². The molecule has 7 nitrogen and oxygen atoms in total. The van der Waals surface area contributed by atoms with Crippen molar-refractivity contribution in [3.05, 3.63) is 29.8 Å². The molecule has 0 radical (unpaired) electrons. The Bertz CT molecular complexity index is 667. The number of hydrogen-bond acceptors (Lipinski definition) is 5. The maximum absolute atomic E-state index is 12.0. The van der Waals surface area contributed by atoms with Crippen molar-refractivity contribution in [2.24, 2.45) is 0 Å². The van der Waals surface area contributed by atoms with Crippen LogP contribution in [0, 0.1) is 0 Å². The molecule has 2 atom stereocenters. The highest BCUT2D eigenvalue weighted by atomic mass is 32.2. The number of carbonyl (C=O) groups is 2. The van der Waals surface area contributed by atoms with Crippen molar-refractivity contribution in [3.63, 3.8) is 0 Å². The van der Waals surface area contributed by atoms with Gasteiger partial charge in [0.2, 0.25) is 0 Å². The summed E-state index contributed by atoms with van der Waals surface area (Å²) in [5.74, 6) is -1.53. The van der Waals surface area contributed by atoms with Crippen molar-refractivity contribution >= 4 is 27.4 Å². The van der Waals surface area contributed by atoms with Crippen LogP contribution in [0.2, 0.25) is 0 Å². The Morgan fingerprint density at radius 1 is 1.23 bits per heavy atom. The average molecular weight is 327 g/mol. The molecule has 0 aliphatic carbocycles. The van der Waals surface area contributed by atoms with Crippen LogP contribution in [0.5, 0.6) is 0 Å². The van der Waals surface area contributed by atoms with Gasteiger partial charge in [0, 0.05) is 11.9 Å². The monoisotopic (exact) mass is 327 g/mol. The number of ether oxygens (including phenoxy) is 1. The van der Waals surface area contributed by atoms with Crippen LogP contribution in [-0.4, -0.2) is 43.9 Å². The minimum atomic E-state index is -3.10. The first kappa shape index (κ1) is 16.4. The zero-order valence-corrected chi connectivity index (χ0v) is 12.8. The molecule has 2 N–H and O–H groups in total. The number of rotatable bonds is 5. The molecule has 1 amide bonds. The summed E-state index contributed by atoms with van der Waals surface area (Å²) in [5, 5.41) is 11.4. The fourth-order valence-corrected chi connectivity index (χ4v) is 3.02. The number of carboxylic acids is 1. The number of anilines is 1. The minimum absolute atomic E-state index is 0.0622. The Hall–Kier alpha value is -1.93. The van der Waals surface area contributed by atoms with Gasteiger partial charge >= 0.3 is 5.97 Å². The van der Waals surface area contributed by atoms with Crippen molar-refractivity contribution in [1.29, 1.82) is 0 Å². The van der Waals surface area contributed by atoms with Crippen molar-refractivity contribution in [1.82, 2.24) is 0 Å². The van der Waals surface area contributed by atoms with Gasteiger partial charge < -0.3 is 15.2 Å². The van der Waals surface area contributed by atoms with Gasteiger partial charge in [-0.2, -0.15) is 0 Å². The summed E-state index contributed by atoms with van der Waals surface area (Å²) in [6, 6.07) is 6.43. The van der Waals surface area contributed by atoms with Gasteiger partial charge in [0.1, 0.15) is 6.10 Å². The van der Waals surface area contributed by atoms with Crippen molar-refractivity contribution < 1.29 is 27.9 Å². The van der Waals surface area contributed by atoms with E-state index in [1.54, 1.807) is 24.3 Å². The Morgan fingerprint density at radius 3 is 2.32 bits per heavy atom. The van der Waals surface area contributed by atoms with E-state index in [1.807, 2.05) is 0 Å². The fourth-order valence-electron chi connectivity index (χ4n) is 2.22. The van der Waals surface area contributed by atoms with Gasteiger partial charge in [-0.3, -0.25) is 4.79 Å². The lowest BCUT2D eigenvalue weighted by atomic mass is 10.2. The first-order valence-corrected chi connectivity index (χ1v) is 8.76. The van der Waals surface area contributed by atoms with Crippen LogP contribution in [-0.2, 0) is 29.9 Å². The van der Waals surface area contributed by atoms with E-state index in [-0.39, 0.29) is 5.75 Å². The summed E-state index contributed by atoms with van der Waals surface area (Å²) < 4.78 is 27.5. The molecule has 1 aliphatic rings. The summed E-state index contributed by atoms with van der Waals surface area (Å²) in [4.78, 5) is 22.7. The molecular weight excluding hydrogens is 310 g/mol. The molecule has 1 heterocycles. The van der Waals surface area contributed by atoms with Gasteiger partial charge in [0.15, 0.2) is 15.9 Å². The molecule has 1 aliphatic heterocycles. The lowest BCUT2D eigenvalue weighted by Crippen LogP contribution is -2.29. The number of carbonyl (C=O) groups excluding carboxylic acids is 1. The van der Waals surface area contributed by atoms with E-state index >= 15 is 0 Å². The van der Waals surface area contributed by atoms with Crippen LogP contribution >= 0.6 is 0 Å². The zero-order valence-electron chi connectivity index (χ0n) is 12.0. The van der Waals surface area contributed by atoms with Crippen LogP contribution in [0.3, 0.4) is 0 Å². The van der Waals surface area contributed by atoms with E-state index < -0.39 is 33.9 Å². The molecular formula is C14H17NO6S. The van der Waals surface area contributed by atoms with Gasteiger partial charge in [-0.1, -0.05) is 12.1 Å². The zero-order chi connectivity index (χ0) is 16.3. The number of hydrogen-bond donors (Lipinski definition) is 2. The Kier molecular flexibility index (Phi) is 4.82. The van der Waals surface area contributed by atoms with Gasteiger partial charge in [-0.25, -0.2) is 13.2 Å². The summed E-state index contributed by atoms with van der Waals surface area (Å²) in [5.41, 5.74) is 1.13. The molecule has 22 heavy (non-hydrogen) atoms. The SMILES string of the molecule is CS(=O)(=O)Cc1ccc(NC(=O)[C@@H]2CC[C@H](C(=O)O)O2)cc1. The van der Waals surface area contributed by atoms with Crippen LogP contribution in [0.15, 0.2) is 24.3 Å². The third-order valence-electron chi connectivity index (χ3n) is 3.24. The Morgan fingerprint density at radius 2 is 1.82 bits per heavy atom. The molecule has 2 rings (SSSR count). The predicted molar refractivity (Wildman–Crippen MR) is 79.2 cm³/mol. The second kappa shape index (κ2) is 6.45. The largest absolute Gasteiger partial charge is 0.479 e. The number of amides is 1. The van der Waals surface area contributed by atoms with Crippen molar-refractivity contribution in [3.8, 4) is 0 Å². The third kappa shape index (κ3) is 4.54. The number of benzene rings is 1. The minimum Gasteiger partial charge on any atom is -0.479 e. The van der Waals surface area contributed by atoms with Crippen LogP contribution in [0.4, 0.5) is 5.69 Å². The predicted octanol–water partition coefficient (Wildman–Crippen LogP) is 0.802. The molecule has 0 unspecified atom stereocenters. The second-order valence-electron chi connectivity index (χ2n) is 5.29. The quantitative estimate of drug-likeness (QED) is 0.828. The van der Waals surface area contributed by atoms with Crippen LogP contribution in [0.1, 0.15) is 18.4 Å². The van der Waals surface area contributed by atoms with E-state index in [4.69, 9.17) is 9.84 Å². The summed E-state index contributed by atoms with van der Waals surface area (Å²) in [6.07, 6.45) is 0.0963. The summed E-state index contributed by atoms with van der Waals surface area (Å²) in [6.45, 7) is 0. The maximum Gasteiger partial charge on any atom is 0.332 e. The topological polar surface area (TPSA) is 110 Å². The first-order valence-electron chi connectivity index (χ1n) is 6.70. The molecule has 8 heteroatoms. The molecule has 1 aromatic rings. The number of sulfone groups is 1. The number of aliphatic carboxylic acids is 1. The summed E-state index contributed by atoms with van der Waals surface area (Å²) in [7, 11) is -3.10. The highest BCUT2D eigenvalue weighted by Gasteiger charge is 2.34. The molecule has 0 bridgehead atoms. The lowest BCUT2D eigenvalue weighted by Gasteiger charge is -2.12. The molecule has 0 spiro atoms.